The first-order valence-corrected chi connectivity index (χ1v) is 8.33. The summed E-state index contributed by atoms with van der Waals surface area (Å²) in [5.74, 6) is -0.0540. The van der Waals surface area contributed by atoms with E-state index in [-0.39, 0.29) is 24.1 Å². The Hall–Kier alpha value is -2.95. The second kappa shape index (κ2) is 7.95. The van der Waals surface area contributed by atoms with Gasteiger partial charge in [0.05, 0.1) is 12.5 Å². The number of ether oxygens (including phenoxy) is 1. The molecule has 134 valence electrons. The van der Waals surface area contributed by atoms with Crippen LogP contribution in [0.3, 0.4) is 0 Å². The van der Waals surface area contributed by atoms with Crippen LogP contribution >= 0.6 is 0 Å². The summed E-state index contributed by atoms with van der Waals surface area (Å²) in [5.41, 5.74) is 1.65. The molecule has 0 saturated heterocycles. The molecular weight excluding hydrogens is 336 g/mol. The van der Waals surface area contributed by atoms with Crippen molar-refractivity contribution in [3.8, 4) is 5.75 Å². The maximum absolute atomic E-state index is 12.4. The number of alkyl halides is 2. The van der Waals surface area contributed by atoms with Gasteiger partial charge in [0, 0.05) is 0 Å². The number of rotatable bonds is 6. The van der Waals surface area contributed by atoms with Crippen molar-refractivity contribution >= 4 is 16.7 Å². The smallest absolute Gasteiger partial charge is 0.387 e. The van der Waals surface area contributed by atoms with E-state index >= 15 is 0 Å². The lowest BCUT2D eigenvalue weighted by molar-refractivity contribution is -0.121. The van der Waals surface area contributed by atoms with E-state index in [1.165, 1.54) is 12.1 Å². The molecule has 3 nitrogen and oxygen atoms in total. The number of carbonyl (C=O) groups excluding carboxylic acids is 1. The molecule has 0 aliphatic carbocycles. The van der Waals surface area contributed by atoms with Gasteiger partial charge in [-0.1, -0.05) is 54.6 Å². The van der Waals surface area contributed by atoms with Gasteiger partial charge in [0.2, 0.25) is 5.91 Å². The number of nitrogens with one attached hydrogen (secondary N) is 1. The number of hydrogen-bond donors (Lipinski definition) is 1. The predicted molar refractivity (Wildman–Crippen MR) is 97.3 cm³/mol. The first-order chi connectivity index (χ1) is 12.5. The summed E-state index contributed by atoms with van der Waals surface area (Å²) in [5, 5.41) is 5.04. The van der Waals surface area contributed by atoms with Crippen molar-refractivity contribution in [1.82, 2.24) is 5.32 Å². The number of hydrogen-bond acceptors (Lipinski definition) is 2. The van der Waals surface area contributed by atoms with Gasteiger partial charge in [-0.25, -0.2) is 0 Å². The van der Waals surface area contributed by atoms with Crippen LogP contribution in [0.5, 0.6) is 5.75 Å². The van der Waals surface area contributed by atoms with Crippen molar-refractivity contribution < 1.29 is 18.3 Å². The van der Waals surface area contributed by atoms with Crippen molar-refractivity contribution in [2.24, 2.45) is 0 Å². The molecule has 3 aromatic rings. The normalized spacial score (nSPS) is 12.2. The molecule has 0 bridgehead atoms. The molecule has 0 fully saturated rings. The largest absolute Gasteiger partial charge is 0.435 e. The molecule has 0 radical (unpaired) electrons. The maximum atomic E-state index is 12.4. The van der Waals surface area contributed by atoms with Gasteiger partial charge in [0.15, 0.2) is 0 Å². The van der Waals surface area contributed by atoms with Gasteiger partial charge in [-0.3, -0.25) is 4.79 Å². The van der Waals surface area contributed by atoms with E-state index in [0.717, 1.165) is 16.3 Å². The summed E-state index contributed by atoms with van der Waals surface area (Å²) >= 11 is 0. The van der Waals surface area contributed by atoms with Gasteiger partial charge in [-0.05, 0) is 41.0 Å². The van der Waals surface area contributed by atoms with Crippen LogP contribution in [0, 0.1) is 0 Å². The number of carbonyl (C=O) groups is 1. The first-order valence-electron chi connectivity index (χ1n) is 8.33. The number of amides is 1. The predicted octanol–water partition coefficient (Wildman–Crippen LogP) is 4.86. The highest BCUT2D eigenvalue weighted by Gasteiger charge is 2.13. The van der Waals surface area contributed by atoms with Crippen LogP contribution in [0.25, 0.3) is 10.8 Å². The van der Waals surface area contributed by atoms with E-state index in [0.29, 0.717) is 5.56 Å². The Labute approximate surface area is 150 Å². The summed E-state index contributed by atoms with van der Waals surface area (Å²) in [4.78, 5) is 12.4. The first kappa shape index (κ1) is 17.9. The lowest BCUT2D eigenvalue weighted by Crippen LogP contribution is -2.28. The highest BCUT2D eigenvalue weighted by Crippen LogP contribution is 2.22. The molecule has 0 spiro atoms. The Morgan fingerprint density at radius 3 is 2.58 bits per heavy atom. The quantitative estimate of drug-likeness (QED) is 0.686. The standard InChI is InChI=1S/C21H19F2NO2/c1-14(16-8-5-10-18(12-16)26-21(22)23)24-20(25)13-17-9-4-7-15-6-2-3-11-19(15)17/h2-12,14,21H,13H2,1H3,(H,24,25)/t14-/m1/s1. The lowest BCUT2D eigenvalue weighted by Gasteiger charge is -2.16. The maximum Gasteiger partial charge on any atom is 0.387 e. The van der Waals surface area contributed by atoms with Crippen LogP contribution in [0.15, 0.2) is 66.7 Å². The van der Waals surface area contributed by atoms with Crippen molar-refractivity contribution in [2.75, 3.05) is 0 Å². The van der Waals surface area contributed by atoms with Crippen LogP contribution in [0.4, 0.5) is 8.78 Å². The minimum atomic E-state index is -2.87. The van der Waals surface area contributed by atoms with Crippen LogP contribution in [0.1, 0.15) is 24.1 Å². The van der Waals surface area contributed by atoms with E-state index in [1.807, 2.05) is 49.4 Å². The van der Waals surface area contributed by atoms with Crippen molar-refractivity contribution in [3.63, 3.8) is 0 Å². The third kappa shape index (κ3) is 4.36. The molecule has 0 aliphatic heterocycles. The molecule has 0 saturated carbocycles. The summed E-state index contributed by atoms with van der Waals surface area (Å²) in [6, 6.07) is 19.8. The molecule has 3 aromatic carbocycles. The lowest BCUT2D eigenvalue weighted by atomic mass is 10.0. The Morgan fingerprint density at radius 2 is 1.77 bits per heavy atom. The van der Waals surface area contributed by atoms with E-state index in [1.54, 1.807) is 12.1 Å². The average molecular weight is 355 g/mol. The second-order valence-corrected chi connectivity index (χ2v) is 6.06. The Morgan fingerprint density at radius 1 is 1.04 bits per heavy atom. The minimum absolute atomic E-state index is 0.0765. The fourth-order valence-electron chi connectivity index (χ4n) is 2.96. The van der Waals surface area contributed by atoms with Crippen LogP contribution in [-0.2, 0) is 11.2 Å². The highest BCUT2D eigenvalue weighted by atomic mass is 19.3. The monoisotopic (exact) mass is 355 g/mol. The molecule has 1 N–H and O–H groups in total. The van der Waals surface area contributed by atoms with Gasteiger partial charge >= 0.3 is 6.61 Å². The molecule has 1 amide bonds. The van der Waals surface area contributed by atoms with Gasteiger partial charge in [-0.2, -0.15) is 8.78 Å². The summed E-state index contributed by atoms with van der Waals surface area (Å²) < 4.78 is 29.1. The van der Waals surface area contributed by atoms with Gasteiger partial charge in [-0.15, -0.1) is 0 Å². The topological polar surface area (TPSA) is 38.3 Å². The molecule has 5 heteroatoms. The fraction of sp³-hybridized carbons (Fsp3) is 0.190. The van der Waals surface area contributed by atoms with Crippen LogP contribution < -0.4 is 10.1 Å². The summed E-state index contributed by atoms with van der Waals surface area (Å²) in [6.45, 7) is -1.07. The van der Waals surface area contributed by atoms with Gasteiger partial charge in [0.25, 0.3) is 0 Å². The number of benzene rings is 3. The molecular formula is C21H19F2NO2. The van der Waals surface area contributed by atoms with Crippen molar-refractivity contribution in [2.45, 2.75) is 26.0 Å². The zero-order valence-corrected chi connectivity index (χ0v) is 14.3. The van der Waals surface area contributed by atoms with Crippen LogP contribution in [0.2, 0.25) is 0 Å². The second-order valence-electron chi connectivity index (χ2n) is 6.06. The number of fused-ring (bicyclic) bond motifs is 1. The average Bonchev–Trinajstić information content (AvgIpc) is 2.61. The fourth-order valence-corrected chi connectivity index (χ4v) is 2.96. The van der Waals surface area contributed by atoms with E-state index < -0.39 is 6.61 Å². The third-order valence-electron chi connectivity index (χ3n) is 4.19. The molecule has 26 heavy (non-hydrogen) atoms. The summed E-state index contributed by atoms with van der Waals surface area (Å²) in [6.07, 6.45) is 0.249. The van der Waals surface area contributed by atoms with E-state index in [9.17, 15) is 13.6 Å². The molecule has 0 unspecified atom stereocenters. The molecule has 0 aliphatic rings. The van der Waals surface area contributed by atoms with Crippen LogP contribution in [-0.4, -0.2) is 12.5 Å². The number of halogens is 2. The Kier molecular flexibility index (Phi) is 5.46. The van der Waals surface area contributed by atoms with Crippen molar-refractivity contribution in [3.05, 3.63) is 77.9 Å². The van der Waals surface area contributed by atoms with E-state index in [2.05, 4.69) is 10.1 Å². The zero-order valence-electron chi connectivity index (χ0n) is 14.3. The Balaban J connectivity index is 1.69. The van der Waals surface area contributed by atoms with Gasteiger partial charge in [0.1, 0.15) is 5.75 Å². The molecule has 0 heterocycles. The summed E-state index contributed by atoms with van der Waals surface area (Å²) in [7, 11) is 0. The third-order valence-corrected chi connectivity index (χ3v) is 4.19. The van der Waals surface area contributed by atoms with E-state index in [4.69, 9.17) is 0 Å². The Bertz CT molecular complexity index is 906. The highest BCUT2D eigenvalue weighted by molar-refractivity contribution is 5.90. The zero-order chi connectivity index (χ0) is 18.5. The minimum Gasteiger partial charge on any atom is -0.435 e. The van der Waals surface area contributed by atoms with Gasteiger partial charge < -0.3 is 10.1 Å². The van der Waals surface area contributed by atoms with Crippen molar-refractivity contribution in [1.29, 1.82) is 0 Å². The SMILES string of the molecule is C[C@@H](NC(=O)Cc1cccc2ccccc12)c1cccc(OC(F)F)c1. The molecule has 0 aromatic heterocycles. The molecule has 3 rings (SSSR count). The molecule has 1 atom stereocenters.